The highest BCUT2D eigenvalue weighted by molar-refractivity contribution is 7.15. The molecule has 0 radical (unpaired) electrons. The van der Waals surface area contributed by atoms with Gasteiger partial charge in [-0.15, -0.1) is 20.4 Å². The summed E-state index contributed by atoms with van der Waals surface area (Å²) in [6, 6.07) is 5.21. The number of nitrogens with one attached hydrogen (secondary N) is 2. The molecule has 0 aliphatic carbocycles. The molecule has 3 aromatic rings. The number of nitrogen functional groups attached to an aromatic ring is 1. The van der Waals surface area contributed by atoms with E-state index in [1.54, 1.807) is 7.05 Å². The number of anilines is 2. The fraction of sp³-hybridized carbons (Fsp3) is 0.333. The fourth-order valence-electron chi connectivity index (χ4n) is 2.27. The van der Waals surface area contributed by atoms with E-state index in [1.165, 1.54) is 16.1 Å². The van der Waals surface area contributed by atoms with Gasteiger partial charge in [0.1, 0.15) is 5.01 Å². The number of carbonyl (C=O) groups excluding carboxylic acids is 1. The van der Waals surface area contributed by atoms with Crippen molar-refractivity contribution in [1.29, 1.82) is 0 Å². The van der Waals surface area contributed by atoms with Gasteiger partial charge in [-0.1, -0.05) is 23.5 Å². The highest BCUT2D eigenvalue weighted by Crippen LogP contribution is 2.26. The lowest BCUT2D eigenvalue weighted by molar-refractivity contribution is 0.241. The van der Waals surface area contributed by atoms with E-state index in [-0.39, 0.29) is 6.03 Å². The Morgan fingerprint density at radius 2 is 2.04 bits per heavy atom. The first-order valence-corrected chi connectivity index (χ1v) is 8.60. The highest BCUT2D eigenvalue weighted by atomic mass is 32.1. The summed E-state index contributed by atoms with van der Waals surface area (Å²) >= 11 is 1.24. The van der Waals surface area contributed by atoms with E-state index in [0.717, 1.165) is 11.1 Å². The van der Waals surface area contributed by atoms with Crippen LogP contribution in [0.2, 0.25) is 0 Å². The maximum absolute atomic E-state index is 12.5. The zero-order valence-corrected chi connectivity index (χ0v) is 15.6. The number of tetrazole rings is 1. The van der Waals surface area contributed by atoms with Crippen molar-refractivity contribution in [2.75, 3.05) is 11.1 Å². The average Bonchev–Trinajstić information content (AvgIpc) is 3.18. The molecule has 2 heterocycles. The Kier molecular flexibility index (Phi) is 4.55. The third-order valence-electron chi connectivity index (χ3n) is 3.65. The largest absolute Gasteiger partial charge is 0.374 e. The van der Waals surface area contributed by atoms with Crippen LogP contribution in [0.5, 0.6) is 0 Å². The van der Waals surface area contributed by atoms with Crippen LogP contribution >= 0.6 is 11.3 Å². The Bertz CT molecular complexity index is 946. The second-order valence-corrected chi connectivity index (χ2v) is 7.29. The van der Waals surface area contributed by atoms with Crippen LogP contribution in [0.15, 0.2) is 18.2 Å². The standard InChI is InChI=1S/C15H19N9OS/c1-8-5-6-9(11-19-23-24(4)22-11)7-10(8)17-14(25)18-15(2,3)12-20-21-13(16)26-12/h5-7H,1-4H3,(H2,16,21)(H2,17,18,25). The molecule has 1 aromatic carbocycles. The Morgan fingerprint density at radius 3 is 2.65 bits per heavy atom. The summed E-state index contributed by atoms with van der Waals surface area (Å²) in [4.78, 5) is 13.8. The second-order valence-electron chi connectivity index (χ2n) is 6.28. The van der Waals surface area contributed by atoms with Crippen LogP contribution < -0.4 is 16.4 Å². The Balaban J connectivity index is 1.76. The van der Waals surface area contributed by atoms with Crippen molar-refractivity contribution in [3.63, 3.8) is 0 Å². The molecule has 11 heteroatoms. The zero-order chi connectivity index (χ0) is 18.9. The first-order chi connectivity index (χ1) is 12.2. The molecule has 0 aliphatic rings. The highest BCUT2D eigenvalue weighted by Gasteiger charge is 2.27. The molecule has 0 saturated heterocycles. The van der Waals surface area contributed by atoms with E-state index >= 15 is 0 Å². The number of aromatic nitrogens is 6. The first-order valence-electron chi connectivity index (χ1n) is 7.78. The van der Waals surface area contributed by atoms with Crippen molar-refractivity contribution in [2.45, 2.75) is 26.3 Å². The van der Waals surface area contributed by atoms with Gasteiger partial charge in [0, 0.05) is 11.3 Å². The molecule has 2 aromatic heterocycles. The molecule has 0 saturated carbocycles. The number of carbonyl (C=O) groups is 1. The van der Waals surface area contributed by atoms with Gasteiger partial charge in [-0.05, 0) is 37.6 Å². The molecule has 0 unspecified atom stereocenters. The lowest BCUT2D eigenvalue weighted by Gasteiger charge is -2.23. The van der Waals surface area contributed by atoms with Crippen LogP contribution in [0.4, 0.5) is 15.6 Å². The normalized spacial score (nSPS) is 11.4. The van der Waals surface area contributed by atoms with Crippen molar-refractivity contribution in [3.8, 4) is 11.4 Å². The number of aryl methyl sites for hydroxylation is 2. The molecule has 3 rings (SSSR count). The quantitative estimate of drug-likeness (QED) is 0.632. The van der Waals surface area contributed by atoms with Crippen molar-refractivity contribution >= 4 is 28.2 Å². The molecule has 4 N–H and O–H groups in total. The van der Waals surface area contributed by atoms with Crippen molar-refractivity contribution in [1.82, 2.24) is 35.7 Å². The molecular formula is C15H19N9OS. The van der Waals surface area contributed by atoms with E-state index in [9.17, 15) is 4.79 Å². The van der Waals surface area contributed by atoms with Gasteiger partial charge in [-0.2, -0.15) is 4.80 Å². The summed E-state index contributed by atoms with van der Waals surface area (Å²) < 4.78 is 0. The van der Waals surface area contributed by atoms with Gasteiger partial charge in [0.15, 0.2) is 0 Å². The van der Waals surface area contributed by atoms with Crippen LogP contribution in [0.3, 0.4) is 0 Å². The SMILES string of the molecule is Cc1ccc(-c2nnn(C)n2)cc1NC(=O)NC(C)(C)c1nnc(N)s1. The number of hydrogen-bond acceptors (Lipinski definition) is 8. The van der Waals surface area contributed by atoms with Crippen LogP contribution in [0.1, 0.15) is 24.4 Å². The van der Waals surface area contributed by atoms with Crippen LogP contribution in [-0.4, -0.2) is 36.4 Å². The van der Waals surface area contributed by atoms with Gasteiger partial charge in [0.05, 0.1) is 12.6 Å². The Morgan fingerprint density at radius 1 is 1.27 bits per heavy atom. The third-order valence-corrected chi connectivity index (χ3v) is 4.73. The van der Waals surface area contributed by atoms with Gasteiger partial charge in [-0.25, -0.2) is 4.79 Å². The van der Waals surface area contributed by atoms with E-state index < -0.39 is 5.54 Å². The van der Waals surface area contributed by atoms with Crippen LogP contribution in [0, 0.1) is 6.92 Å². The van der Waals surface area contributed by atoms with Crippen LogP contribution in [0.25, 0.3) is 11.4 Å². The van der Waals surface area contributed by atoms with Crippen molar-refractivity contribution < 1.29 is 4.79 Å². The molecule has 0 bridgehead atoms. The molecular weight excluding hydrogens is 354 g/mol. The summed E-state index contributed by atoms with van der Waals surface area (Å²) in [5.41, 5.74) is 7.23. The molecule has 0 atom stereocenters. The number of amides is 2. The molecule has 0 aliphatic heterocycles. The Hall–Kier alpha value is -3.08. The maximum atomic E-state index is 12.5. The minimum Gasteiger partial charge on any atom is -0.374 e. The van der Waals surface area contributed by atoms with Crippen LogP contribution in [-0.2, 0) is 12.6 Å². The predicted octanol–water partition coefficient (Wildman–Crippen LogP) is 1.68. The van der Waals surface area contributed by atoms with E-state index in [2.05, 4.69) is 36.2 Å². The van der Waals surface area contributed by atoms with Gasteiger partial charge in [-0.3, -0.25) is 0 Å². The fourth-order valence-corrected chi connectivity index (χ4v) is 2.94. The summed E-state index contributed by atoms with van der Waals surface area (Å²) in [6.07, 6.45) is 0. The number of urea groups is 1. The lowest BCUT2D eigenvalue weighted by atomic mass is 10.1. The van der Waals surface area contributed by atoms with Crippen molar-refractivity contribution in [2.24, 2.45) is 7.05 Å². The molecule has 0 fully saturated rings. The number of rotatable bonds is 4. The second kappa shape index (κ2) is 6.67. The third kappa shape index (κ3) is 3.77. The molecule has 0 spiro atoms. The van der Waals surface area contributed by atoms with Crippen molar-refractivity contribution in [3.05, 3.63) is 28.8 Å². The topological polar surface area (TPSA) is 137 Å². The smallest absolute Gasteiger partial charge is 0.320 e. The number of nitrogens with zero attached hydrogens (tertiary/aromatic N) is 6. The number of nitrogens with two attached hydrogens (primary N) is 1. The monoisotopic (exact) mass is 373 g/mol. The minimum atomic E-state index is -0.711. The molecule has 26 heavy (non-hydrogen) atoms. The predicted molar refractivity (Wildman–Crippen MR) is 98.5 cm³/mol. The van der Waals surface area contributed by atoms with Gasteiger partial charge in [0.2, 0.25) is 11.0 Å². The molecule has 2 amide bonds. The molecule has 10 nitrogen and oxygen atoms in total. The van der Waals surface area contributed by atoms with Gasteiger partial charge < -0.3 is 16.4 Å². The summed E-state index contributed by atoms with van der Waals surface area (Å²) in [5, 5.41) is 26.5. The summed E-state index contributed by atoms with van der Waals surface area (Å²) in [7, 11) is 1.69. The average molecular weight is 373 g/mol. The number of benzene rings is 1. The lowest BCUT2D eigenvalue weighted by Crippen LogP contribution is -2.43. The number of hydrogen-bond donors (Lipinski definition) is 3. The van der Waals surface area contributed by atoms with Gasteiger partial charge in [0.25, 0.3) is 0 Å². The van der Waals surface area contributed by atoms with E-state index in [0.29, 0.717) is 21.7 Å². The van der Waals surface area contributed by atoms with E-state index in [1.807, 2.05) is 39.0 Å². The summed E-state index contributed by atoms with van der Waals surface area (Å²) in [5.74, 6) is 0.487. The molecule has 136 valence electrons. The van der Waals surface area contributed by atoms with Gasteiger partial charge >= 0.3 is 6.03 Å². The zero-order valence-electron chi connectivity index (χ0n) is 14.8. The van der Waals surface area contributed by atoms with E-state index in [4.69, 9.17) is 5.73 Å². The Labute approximate surface area is 153 Å². The summed E-state index contributed by atoms with van der Waals surface area (Å²) in [6.45, 7) is 5.57. The maximum Gasteiger partial charge on any atom is 0.320 e. The minimum absolute atomic E-state index is 0.357. The first kappa shape index (κ1) is 17.7.